The molecule has 0 unspecified atom stereocenters. The number of aromatic nitrogens is 4. The molecule has 0 saturated carbocycles. The number of benzene rings is 11. The predicted octanol–water partition coefficient (Wildman–Crippen LogP) is 16.5. The topological polar surface area (TPSA) is 48.8 Å². The second-order valence-electron chi connectivity index (χ2n) is 17.8. The quantitative estimate of drug-likeness (QED) is 0.177. The van der Waals surface area contributed by atoms with Gasteiger partial charge in [-0.15, -0.1) is 0 Å². The highest BCUT2D eigenvalue weighted by atomic mass is 16.3. The lowest BCUT2D eigenvalue weighted by Gasteiger charge is -2.13. The van der Waals surface area contributed by atoms with Crippen LogP contribution in [0.4, 0.5) is 0 Å². The molecule has 11 aromatic carbocycles. The first-order valence-corrected chi connectivity index (χ1v) is 22.8. The van der Waals surface area contributed by atoms with Crippen molar-refractivity contribution in [1.29, 1.82) is 0 Å². The van der Waals surface area contributed by atoms with E-state index in [0.717, 1.165) is 83.2 Å². The number of nitrogens with zero attached hydrogens (tertiary/aromatic N) is 4. The Kier molecular flexibility index (Phi) is 7.44. The van der Waals surface area contributed by atoms with Crippen molar-refractivity contribution < 1.29 is 4.42 Å². The Bertz CT molecular complexity index is 4590. The van der Waals surface area contributed by atoms with Gasteiger partial charge in [-0.25, -0.2) is 9.97 Å². The molecule has 0 saturated heterocycles. The van der Waals surface area contributed by atoms with Gasteiger partial charge in [-0.3, -0.25) is 0 Å². The largest absolute Gasteiger partial charge is 0.456 e. The first-order valence-electron chi connectivity index (χ1n) is 22.8. The molecule has 0 bridgehead atoms. The van der Waals surface area contributed by atoms with Crippen LogP contribution in [0.25, 0.3) is 143 Å². The summed E-state index contributed by atoms with van der Waals surface area (Å²) in [6.07, 6.45) is 0. The molecule has 4 heterocycles. The molecule has 0 spiro atoms. The summed E-state index contributed by atoms with van der Waals surface area (Å²) in [7, 11) is 0. The van der Waals surface area contributed by atoms with E-state index in [-0.39, 0.29) is 0 Å². The first-order chi connectivity index (χ1) is 33.2. The van der Waals surface area contributed by atoms with E-state index in [0.29, 0.717) is 0 Å². The van der Waals surface area contributed by atoms with Crippen LogP contribution in [-0.4, -0.2) is 19.1 Å². The van der Waals surface area contributed by atoms with Crippen LogP contribution in [0, 0.1) is 0 Å². The molecule has 310 valence electrons. The van der Waals surface area contributed by atoms with Crippen LogP contribution in [-0.2, 0) is 0 Å². The smallest absolute Gasteiger partial charge is 0.136 e. The lowest BCUT2D eigenvalue weighted by atomic mass is 9.99. The van der Waals surface area contributed by atoms with Gasteiger partial charge in [0.25, 0.3) is 0 Å². The lowest BCUT2D eigenvalue weighted by molar-refractivity contribution is 0.669. The molecule has 15 aromatic rings. The van der Waals surface area contributed by atoms with Crippen LogP contribution in [0.2, 0.25) is 0 Å². The van der Waals surface area contributed by atoms with Gasteiger partial charge < -0.3 is 13.6 Å². The van der Waals surface area contributed by atoms with Crippen molar-refractivity contribution in [2.45, 2.75) is 0 Å². The summed E-state index contributed by atoms with van der Waals surface area (Å²) in [6, 6.07) is 78.7. The summed E-state index contributed by atoms with van der Waals surface area (Å²) in [5.41, 5.74) is 14.0. The second-order valence-corrected chi connectivity index (χ2v) is 17.8. The summed E-state index contributed by atoms with van der Waals surface area (Å²) in [4.78, 5) is 10.6. The summed E-state index contributed by atoms with van der Waals surface area (Å²) in [5.74, 6) is 0. The fraction of sp³-hybridized carbons (Fsp3) is 0. The number of para-hydroxylation sites is 5. The monoisotopic (exact) mass is 852 g/mol. The van der Waals surface area contributed by atoms with Crippen LogP contribution in [0.1, 0.15) is 0 Å². The molecular formula is C62H36N4O. The molecule has 0 radical (unpaired) electrons. The van der Waals surface area contributed by atoms with Crippen LogP contribution in [0.15, 0.2) is 223 Å². The van der Waals surface area contributed by atoms with Gasteiger partial charge in [0, 0.05) is 60.2 Å². The summed E-state index contributed by atoms with van der Waals surface area (Å²) in [5, 5.41) is 14.3. The molecule has 0 aliphatic heterocycles. The fourth-order valence-corrected chi connectivity index (χ4v) is 10.9. The van der Waals surface area contributed by atoms with Gasteiger partial charge in [0.1, 0.15) is 11.2 Å². The second kappa shape index (κ2) is 13.7. The number of rotatable bonds is 4. The first kappa shape index (κ1) is 36.3. The molecule has 0 aliphatic carbocycles. The van der Waals surface area contributed by atoms with E-state index in [1.807, 2.05) is 36.4 Å². The molecule has 67 heavy (non-hydrogen) atoms. The van der Waals surface area contributed by atoms with Crippen molar-refractivity contribution in [2.75, 3.05) is 0 Å². The SMILES string of the molecule is c1ccc2c(c1)ccc1c3ccccc3n(-c3ccc4cc5c6ccccc6n(-c6ccc7ccc(-c8nc9ccccc9nc8-c8ccc9c(c8)oc8ccccc89)cc7c6)c5cc4c3)c21. The molecule has 5 nitrogen and oxygen atoms in total. The van der Waals surface area contributed by atoms with Crippen molar-refractivity contribution in [1.82, 2.24) is 19.1 Å². The fourth-order valence-electron chi connectivity index (χ4n) is 10.9. The van der Waals surface area contributed by atoms with E-state index in [2.05, 4.69) is 191 Å². The molecule has 0 N–H and O–H groups in total. The Hall–Kier alpha value is -9.06. The maximum absolute atomic E-state index is 6.35. The number of hydrogen-bond acceptors (Lipinski definition) is 3. The minimum atomic E-state index is 0.819. The molecule has 0 atom stereocenters. The van der Waals surface area contributed by atoms with Gasteiger partial charge >= 0.3 is 0 Å². The Morgan fingerprint density at radius 2 is 0.851 bits per heavy atom. The van der Waals surface area contributed by atoms with Gasteiger partial charge in [-0.1, -0.05) is 133 Å². The molecule has 0 fully saturated rings. The van der Waals surface area contributed by atoms with Crippen molar-refractivity contribution in [2.24, 2.45) is 0 Å². The third-order valence-electron chi connectivity index (χ3n) is 14.0. The van der Waals surface area contributed by atoms with E-state index in [4.69, 9.17) is 14.4 Å². The molecule has 5 heteroatoms. The average Bonchev–Trinajstić information content (AvgIpc) is 4.04. The number of hydrogen-bond donors (Lipinski definition) is 0. The van der Waals surface area contributed by atoms with Gasteiger partial charge in [-0.2, -0.15) is 0 Å². The van der Waals surface area contributed by atoms with Crippen molar-refractivity contribution in [3.8, 4) is 33.9 Å². The molecule has 4 aromatic heterocycles. The third-order valence-corrected chi connectivity index (χ3v) is 14.0. The zero-order valence-electron chi connectivity index (χ0n) is 36.0. The molecule has 15 rings (SSSR count). The zero-order chi connectivity index (χ0) is 43.7. The standard InChI is InChI=1S/C62H36N4O/c1-2-12-46-38(11-1)25-30-51-47-13-3-9-19-56(47)66(62(46)51)45-28-24-39-34-52-48-14-4-8-18-55(48)65(57(52)35-43(39)33-45)44-27-23-37-21-22-40(31-42(37)32-44)60-61(64-54-17-7-6-16-53(54)63-60)41-26-29-50-49-15-5-10-20-58(49)67-59(50)36-41/h1-36H. The van der Waals surface area contributed by atoms with E-state index < -0.39 is 0 Å². The van der Waals surface area contributed by atoms with Gasteiger partial charge in [0.15, 0.2) is 0 Å². The van der Waals surface area contributed by atoms with Gasteiger partial charge in [0.2, 0.25) is 0 Å². The highest BCUT2D eigenvalue weighted by Crippen LogP contribution is 2.41. The van der Waals surface area contributed by atoms with Crippen molar-refractivity contribution in [3.63, 3.8) is 0 Å². The minimum Gasteiger partial charge on any atom is -0.456 e. The normalized spacial score (nSPS) is 12.2. The van der Waals surface area contributed by atoms with Crippen molar-refractivity contribution >= 4 is 109 Å². The Labute approximate surface area is 383 Å². The van der Waals surface area contributed by atoms with E-state index in [9.17, 15) is 0 Å². The predicted molar refractivity (Wildman–Crippen MR) is 279 cm³/mol. The summed E-state index contributed by atoms with van der Waals surface area (Å²) in [6.45, 7) is 0. The van der Waals surface area contributed by atoms with Gasteiger partial charge in [0.05, 0.1) is 44.5 Å². The number of fused-ring (bicyclic) bond motifs is 14. The van der Waals surface area contributed by atoms with E-state index >= 15 is 0 Å². The zero-order valence-corrected chi connectivity index (χ0v) is 36.0. The lowest BCUT2D eigenvalue weighted by Crippen LogP contribution is -1.96. The Balaban J connectivity index is 0.910. The number of furan rings is 1. The third kappa shape index (κ3) is 5.37. The summed E-state index contributed by atoms with van der Waals surface area (Å²) >= 11 is 0. The minimum absolute atomic E-state index is 0.819. The van der Waals surface area contributed by atoms with E-state index in [1.165, 1.54) is 59.6 Å². The van der Waals surface area contributed by atoms with Crippen LogP contribution < -0.4 is 0 Å². The average molecular weight is 853 g/mol. The molecule has 0 amide bonds. The van der Waals surface area contributed by atoms with Crippen molar-refractivity contribution in [3.05, 3.63) is 218 Å². The van der Waals surface area contributed by atoms with Crippen LogP contribution >= 0.6 is 0 Å². The van der Waals surface area contributed by atoms with E-state index in [1.54, 1.807) is 0 Å². The molecule has 0 aliphatic rings. The summed E-state index contributed by atoms with van der Waals surface area (Å²) < 4.78 is 11.2. The maximum atomic E-state index is 6.35. The Morgan fingerprint density at radius 1 is 0.299 bits per heavy atom. The van der Waals surface area contributed by atoms with Gasteiger partial charge in [-0.05, 0) is 112 Å². The highest BCUT2D eigenvalue weighted by molar-refractivity contribution is 6.19. The molecular weight excluding hydrogens is 817 g/mol. The van der Waals surface area contributed by atoms with Crippen LogP contribution in [0.3, 0.4) is 0 Å². The maximum Gasteiger partial charge on any atom is 0.136 e. The highest BCUT2D eigenvalue weighted by Gasteiger charge is 2.20. The Morgan fingerprint density at radius 3 is 1.66 bits per heavy atom. The van der Waals surface area contributed by atoms with Crippen LogP contribution in [0.5, 0.6) is 0 Å².